The Morgan fingerprint density at radius 1 is 1.27 bits per heavy atom. The molecule has 0 aliphatic heterocycles. The third kappa shape index (κ3) is 5.47. The number of carbonyl (C=O) groups excluding carboxylic acids is 1. The van der Waals surface area contributed by atoms with Crippen LogP contribution in [0.5, 0.6) is 0 Å². The van der Waals surface area contributed by atoms with E-state index in [1.54, 1.807) is 0 Å². The Balaban J connectivity index is 3.73. The van der Waals surface area contributed by atoms with E-state index in [1.807, 2.05) is 27.7 Å². The quantitative estimate of drug-likeness (QED) is 0.447. The highest BCUT2D eigenvalue weighted by Gasteiger charge is 2.02. The monoisotopic (exact) mass is 153 g/mol. The van der Waals surface area contributed by atoms with Crippen LogP contribution in [0.15, 0.2) is 0 Å². The van der Waals surface area contributed by atoms with E-state index in [1.165, 1.54) is 0 Å². The van der Waals surface area contributed by atoms with Crippen molar-refractivity contribution < 1.29 is 4.79 Å². The third-order valence-electron chi connectivity index (χ3n) is 1.07. The van der Waals surface area contributed by atoms with Gasteiger partial charge < -0.3 is 0 Å². The first-order valence-corrected chi connectivity index (χ1v) is 3.84. The van der Waals surface area contributed by atoms with Gasteiger partial charge in [-0.2, -0.15) is 0 Å². The standard InChI is InChI=1S/C9H15NO/c1-7(2)5-6-10-9(11)8(3)4/h7-8H,1-4H3,(H,10,11). The number of carbonyl (C=O) groups is 1. The van der Waals surface area contributed by atoms with Gasteiger partial charge in [-0.15, -0.1) is 0 Å². The zero-order valence-electron chi connectivity index (χ0n) is 7.56. The molecule has 0 unspecified atom stereocenters. The summed E-state index contributed by atoms with van der Waals surface area (Å²) in [5.74, 6) is 3.15. The van der Waals surface area contributed by atoms with E-state index < -0.39 is 0 Å². The summed E-state index contributed by atoms with van der Waals surface area (Å²) in [6.45, 7) is 7.64. The van der Waals surface area contributed by atoms with Gasteiger partial charge in [-0.05, 0) is 0 Å². The maximum absolute atomic E-state index is 10.9. The second kappa shape index (κ2) is 4.79. The molecule has 0 saturated heterocycles. The molecule has 0 aromatic carbocycles. The molecule has 1 amide bonds. The fourth-order valence-electron chi connectivity index (χ4n) is 0.386. The normalized spacial score (nSPS) is 9.27. The number of hydrogen-bond acceptors (Lipinski definition) is 1. The topological polar surface area (TPSA) is 29.1 Å². The van der Waals surface area contributed by atoms with E-state index >= 15 is 0 Å². The SMILES string of the molecule is CC(C)C#CNC(=O)C(C)C. The summed E-state index contributed by atoms with van der Waals surface area (Å²) in [7, 11) is 0. The van der Waals surface area contributed by atoms with Crippen LogP contribution in [0.2, 0.25) is 0 Å². The first-order valence-electron chi connectivity index (χ1n) is 3.84. The summed E-state index contributed by atoms with van der Waals surface area (Å²) >= 11 is 0. The van der Waals surface area contributed by atoms with E-state index in [-0.39, 0.29) is 11.8 Å². The van der Waals surface area contributed by atoms with Crippen molar-refractivity contribution in [2.75, 3.05) is 0 Å². The number of amides is 1. The minimum atomic E-state index is -0.0156. The Labute approximate surface area is 68.4 Å². The first-order chi connectivity index (χ1) is 5.04. The molecule has 0 aromatic heterocycles. The average Bonchev–Trinajstić information content (AvgIpc) is 1.86. The van der Waals surface area contributed by atoms with Crippen LogP contribution in [0.1, 0.15) is 27.7 Å². The summed E-state index contributed by atoms with van der Waals surface area (Å²) in [5, 5.41) is 2.51. The molecular weight excluding hydrogens is 138 g/mol. The van der Waals surface area contributed by atoms with Crippen molar-refractivity contribution in [2.45, 2.75) is 27.7 Å². The maximum Gasteiger partial charge on any atom is 0.233 e. The van der Waals surface area contributed by atoms with Crippen LogP contribution in [0.25, 0.3) is 0 Å². The summed E-state index contributed by atoms with van der Waals surface area (Å²) in [5.41, 5.74) is 0. The van der Waals surface area contributed by atoms with Crippen molar-refractivity contribution in [3.05, 3.63) is 0 Å². The summed E-state index contributed by atoms with van der Waals surface area (Å²) < 4.78 is 0. The molecule has 62 valence electrons. The smallest absolute Gasteiger partial charge is 0.233 e. The predicted octanol–water partition coefficient (Wildman–Crippen LogP) is 1.38. The molecule has 0 aliphatic rings. The zero-order chi connectivity index (χ0) is 8.85. The molecule has 0 fully saturated rings. The van der Waals surface area contributed by atoms with Gasteiger partial charge in [-0.1, -0.05) is 33.6 Å². The van der Waals surface area contributed by atoms with Crippen LogP contribution >= 0.6 is 0 Å². The Hall–Kier alpha value is -0.970. The van der Waals surface area contributed by atoms with Gasteiger partial charge in [0.25, 0.3) is 0 Å². The molecule has 0 bridgehead atoms. The van der Waals surface area contributed by atoms with Gasteiger partial charge in [0, 0.05) is 17.9 Å². The van der Waals surface area contributed by atoms with Gasteiger partial charge in [0.2, 0.25) is 5.91 Å². The average molecular weight is 153 g/mol. The Kier molecular flexibility index (Phi) is 4.36. The highest BCUT2D eigenvalue weighted by Crippen LogP contribution is 1.89. The fourth-order valence-corrected chi connectivity index (χ4v) is 0.386. The molecule has 0 aromatic rings. The van der Waals surface area contributed by atoms with Crippen molar-refractivity contribution in [3.63, 3.8) is 0 Å². The molecule has 0 rings (SSSR count). The Morgan fingerprint density at radius 3 is 2.18 bits per heavy atom. The third-order valence-corrected chi connectivity index (χ3v) is 1.07. The lowest BCUT2D eigenvalue weighted by Gasteiger charge is -1.99. The lowest BCUT2D eigenvalue weighted by Crippen LogP contribution is -2.22. The van der Waals surface area contributed by atoms with E-state index in [4.69, 9.17) is 0 Å². The maximum atomic E-state index is 10.9. The minimum absolute atomic E-state index is 0.0106. The molecule has 0 aliphatic carbocycles. The molecule has 0 heterocycles. The molecule has 0 atom stereocenters. The van der Waals surface area contributed by atoms with Gasteiger partial charge in [-0.3, -0.25) is 10.1 Å². The molecule has 0 saturated carbocycles. The molecule has 2 heteroatoms. The first kappa shape index (κ1) is 10.0. The van der Waals surface area contributed by atoms with Gasteiger partial charge in [-0.25, -0.2) is 0 Å². The summed E-state index contributed by atoms with van der Waals surface area (Å²) in [4.78, 5) is 10.9. The predicted molar refractivity (Wildman–Crippen MR) is 45.6 cm³/mol. The number of hydrogen-bond donors (Lipinski definition) is 1. The number of rotatable bonds is 1. The Morgan fingerprint density at radius 2 is 1.82 bits per heavy atom. The minimum Gasteiger partial charge on any atom is -0.285 e. The van der Waals surface area contributed by atoms with Gasteiger partial charge in [0.15, 0.2) is 0 Å². The zero-order valence-corrected chi connectivity index (χ0v) is 7.56. The Bertz CT molecular complexity index is 183. The fraction of sp³-hybridized carbons (Fsp3) is 0.667. The van der Waals surface area contributed by atoms with Gasteiger partial charge in [0.05, 0.1) is 0 Å². The molecular formula is C9H15NO. The van der Waals surface area contributed by atoms with Crippen molar-refractivity contribution in [1.82, 2.24) is 5.32 Å². The van der Waals surface area contributed by atoms with E-state index in [9.17, 15) is 4.79 Å². The number of nitrogens with one attached hydrogen (secondary N) is 1. The van der Waals surface area contributed by atoms with E-state index in [2.05, 4.69) is 17.3 Å². The van der Waals surface area contributed by atoms with Crippen LogP contribution < -0.4 is 5.32 Å². The largest absolute Gasteiger partial charge is 0.285 e. The van der Waals surface area contributed by atoms with Gasteiger partial charge >= 0.3 is 0 Å². The lowest BCUT2D eigenvalue weighted by molar-refractivity contribution is -0.122. The van der Waals surface area contributed by atoms with Crippen molar-refractivity contribution in [3.8, 4) is 12.0 Å². The molecule has 0 spiro atoms. The van der Waals surface area contributed by atoms with Crippen molar-refractivity contribution in [2.24, 2.45) is 11.8 Å². The van der Waals surface area contributed by atoms with E-state index in [0.29, 0.717) is 5.92 Å². The van der Waals surface area contributed by atoms with Crippen LogP contribution in [0, 0.1) is 23.8 Å². The van der Waals surface area contributed by atoms with Crippen molar-refractivity contribution >= 4 is 5.91 Å². The van der Waals surface area contributed by atoms with Gasteiger partial charge in [0.1, 0.15) is 0 Å². The van der Waals surface area contributed by atoms with E-state index in [0.717, 1.165) is 0 Å². The highest BCUT2D eigenvalue weighted by molar-refractivity contribution is 5.79. The van der Waals surface area contributed by atoms with Crippen LogP contribution in [-0.2, 0) is 4.79 Å². The highest BCUT2D eigenvalue weighted by atomic mass is 16.1. The molecule has 1 N–H and O–H groups in total. The lowest BCUT2D eigenvalue weighted by atomic mass is 10.2. The summed E-state index contributed by atoms with van der Waals surface area (Å²) in [6, 6.07) is 2.62. The molecule has 0 radical (unpaired) electrons. The second-order valence-electron chi connectivity index (χ2n) is 3.07. The molecule has 11 heavy (non-hydrogen) atoms. The van der Waals surface area contributed by atoms with Crippen LogP contribution in [-0.4, -0.2) is 5.91 Å². The summed E-state index contributed by atoms with van der Waals surface area (Å²) in [6.07, 6.45) is 0. The van der Waals surface area contributed by atoms with Crippen LogP contribution in [0.4, 0.5) is 0 Å². The van der Waals surface area contributed by atoms with Crippen LogP contribution in [0.3, 0.4) is 0 Å². The second-order valence-corrected chi connectivity index (χ2v) is 3.07. The van der Waals surface area contributed by atoms with Crippen molar-refractivity contribution in [1.29, 1.82) is 0 Å². The molecule has 2 nitrogen and oxygen atoms in total.